The maximum absolute atomic E-state index is 13.8. The third kappa shape index (κ3) is 3.78. The number of carbonyl (C=O) groups excluding carboxylic acids is 1. The van der Waals surface area contributed by atoms with Crippen LogP contribution in [-0.4, -0.2) is 30.8 Å². The first kappa shape index (κ1) is 25.3. The van der Waals surface area contributed by atoms with Crippen LogP contribution in [-0.2, 0) is 31.4 Å². The molecule has 0 radical (unpaired) electrons. The van der Waals surface area contributed by atoms with E-state index in [9.17, 15) is 32.3 Å². The highest BCUT2D eigenvalue weighted by atomic mass is 19.4. The Labute approximate surface area is 212 Å². The normalized spacial score (nSPS) is 15.2. The van der Waals surface area contributed by atoms with Gasteiger partial charge in [-0.3, -0.25) is 23.1 Å². The van der Waals surface area contributed by atoms with Gasteiger partial charge in [0.2, 0.25) is 0 Å². The molecule has 2 heterocycles. The second-order valence-electron chi connectivity index (χ2n) is 9.09. The van der Waals surface area contributed by atoms with E-state index >= 15 is 0 Å². The van der Waals surface area contributed by atoms with Crippen LogP contribution in [0.25, 0.3) is 16.7 Å². The first-order chi connectivity index (χ1) is 18.0. The monoisotopic (exact) mass is 528 g/mol. The highest BCUT2D eigenvalue weighted by Gasteiger charge is 2.38. The number of esters is 1. The van der Waals surface area contributed by atoms with Crippen LogP contribution in [0.15, 0.2) is 57.0 Å². The van der Waals surface area contributed by atoms with Crippen molar-refractivity contribution < 1.29 is 22.7 Å². The van der Waals surface area contributed by atoms with E-state index < -0.39 is 40.6 Å². The SMILES string of the molecule is CCOC(=O)c1cn(-c2ccc3c(c2)n(C)c(=O)n3C)c(=O)n(C2CCc3c2cccc3C(F)(F)F)c1=O. The van der Waals surface area contributed by atoms with Crippen molar-refractivity contribution in [2.24, 2.45) is 14.1 Å². The summed E-state index contributed by atoms with van der Waals surface area (Å²) < 4.78 is 50.7. The molecule has 1 unspecified atom stereocenters. The maximum atomic E-state index is 13.8. The van der Waals surface area contributed by atoms with Crippen LogP contribution in [0, 0.1) is 0 Å². The Kier molecular flexibility index (Phi) is 5.92. The minimum absolute atomic E-state index is 0.00326. The van der Waals surface area contributed by atoms with Crippen molar-refractivity contribution in [2.75, 3.05) is 6.61 Å². The Morgan fingerprint density at radius 3 is 2.42 bits per heavy atom. The van der Waals surface area contributed by atoms with Crippen molar-refractivity contribution in [3.63, 3.8) is 0 Å². The Morgan fingerprint density at radius 2 is 1.74 bits per heavy atom. The van der Waals surface area contributed by atoms with E-state index in [-0.39, 0.29) is 42.0 Å². The number of hydrogen-bond donors (Lipinski definition) is 0. The van der Waals surface area contributed by atoms with Crippen LogP contribution in [0.1, 0.15) is 46.4 Å². The molecule has 0 saturated heterocycles. The molecule has 0 saturated carbocycles. The second kappa shape index (κ2) is 8.89. The summed E-state index contributed by atoms with van der Waals surface area (Å²) in [5.41, 5.74) is -1.76. The summed E-state index contributed by atoms with van der Waals surface area (Å²) in [6.07, 6.45) is -3.46. The maximum Gasteiger partial charge on any atom is 0.416 e. The fourth-order valence-electron chi connectivity index (χ4n) is 5.19. The lowest BCUT2D eigenvalue weighted by atomic mass is 10.0. The van der Waals surface area contributed by atoms with Gasteiger partial charge in [0, 0.05) is 20.3 Å². The summed E-state index contributed by atoms with van der Waals surface area (Å²) in [5.74, 6) is -0.963. The molecule has 1 aliphatic rings. The van der Waals surface area contributed by atoms with Crippen LogP contribution in [0.3, 0.4) is 0 Å². The third-order valence-electron chi connectivity index (χ3n) is 7.00. The van der Waals surface area contributed by atoms with Gasteiger partial charge in [-0.05, 0) is 55.2 Å². The molecule has 198 valence electrons. The number of fused-ring (bicyclic) bond motifs is 2. The minimum Gasteiger partial charge on any atom is -0.462 e. The quantitative estimate of drug-likeness (QED) is 0.380. The average molecular weight is 528 g/mol. The van der Waals surface area contributed by atoms with Gasteiger partial charge < -0.3 is 4.74 Å². The molecule has 0 fully saturated rings. The largest absolute Gasteiger partial charge is 0.462 e. The van der Waals surface area contributed by atoms with Crippen LogP contribution >= 0.6 is 0 Å². The number of hydrogen-bond acceptors (Lipinski definition) is 5. The lowest BCUT2D eigenvalue weighted by Crippen LogP contribution is -2.44. The molecule has 4 aromatic rings. The summed E-state index contributed by atoms with van der Waals surface area (Å²) in [6, 6.07) is 7.39. The van der Waals surface area contributed by atoms with Crippen molar-refractivity contribution in [3.05, 3.63) is 96.2 Å². The van der Waals surface area contributed by atoms with Gasteiger partial charge >= 0.3 is 23.5 Å². The molecule has 12 heteroatoms. The lowest BCUT2D eigenvalue weighted by molar-refractivity contribution is -0.138. The van der Waals surface area contributed by atoms with Crippen molar-refractivity contribution in [3.8, 4) is 5.69 Å². The number of halogens is 3. The summed E-state index contributed by atoms with van der Waals surface area (Å²) >= 11 is 0. The van der Waals surface area contributed by atoms with Gasteiger partial charge in [0.25, 0.3) is 5.56 Å². The first-order valence-corrected chi connectivity index (χ1v) is 11.9. The standard InChI is InChI=1S/C26H23F3N4O5/c1-4-38-23(35)17-13-32(14-8-10-20-21(12-14)31(3)24(36)30(20)2)25(37)33(22(17)34)19-11-9-15-16(19)6-5-7-18(15)26(27,28)29/h5-8,10,12-13,19H,4,9,11H2,1-3H3. The average Bonchev–Trinajstić information content (AvgIpc) is 3.38. The number of aromatic nitrogens is 4. The second-order valence-corrected chi connectivity index (χ2v) is 9.09. The number of alkyl halides is 3. The molecular formula is C26H23F3N4O5. The molecule has 9 nitrogen and oxygen atoms in total. The van der Waals surface area contributed by atoms with Crippen molar-refractivity contribution in [2.45, 2.75) is 32.0 Å². The van der Waals surface area contributed by atoms with Crippen molar-refractivity contribution >= 4 is 17.0 Å². The number of rotatable bonds is 4. The zero-order chi connectivity index (χ0) is 27.5. The summed E-state index contributed by atoms with van der Waals surface area (Å²) in [5, 5.41) is 0. The van der Waals surface area contributed by atoms with Gasteiger partial charge in [-0.25, -0.2) is 14.4 Å². The van der Waals surface area contributed by atoms with Gasteiger partial charge in [0.1, 0.15) is 5.56 Å². The molecule has 0 aliphatic heterocycles. The highest BCUT2D eigenvalue weighted by molar-refractivity contribution is 5.88. The number of aryl methyl sites for hydroxylation is 2. The first-order valence-electron chi connectivity index (χ1n) is 11.9. The molecule has 38 heavy (non-hydrogen) atoms. The molecule has 0 N–H and O–H groups in total. The number of imidazole rings is 1. The van der Waals surface area contributed by atoms with Crippen LogP contribution in [0.4, 0.5) is 13.2 Å². The Balaban J connectivity index is 1.78. The predicted octanol–water partition coefficient (Wildman–Crippen LogP) is 2.92. The van der Waals surface area contributed by atoms with E-state index in [0.717, 1.165) is 21.4 Å². The fraction of sp³-hybridized carbons (Fsp3) is 0.308. The molecule has 0 spiro atoms. The number of ether oxygens (including phenoxy) is 1. The molecule has 0 amide bonds. The van der Waals surface area contributed by atoms with E-state index in [1.165, 1.54) is 21.3 Å². The number of nitrogens with zero attached hydrogens (tertiary/aromatic N) is 4. The molecule has 2 aromatic heterocycles. The number of benzene rings is 2. The smallest absolute Gasteiger partial charge is 0.416 e. The van der Waals surface area contributed by atoms with Crippen molar-refractivity contribution in [1.29, 1.82) is 0 Å². The van der Waals surface area contributed by atoms with E-state index in [2.05, 4.69) is 0 Å². The lowest BCUT2D eigenvalue weighted by Gasteiger charge is -2.19. The summed E-state index contributed by atoms with van der Waals surface area (Å²) in [4.78, 5) is 52.3. The molecule has 1 atom stereocenters. The predicted molar refractivity (Wildman–Crippen MR) is 132 cm³/mol. The summed E-state index contributed by atoms with van der Waals surface area (Å²) in [6.45, 7) is 1.53. The zero-order valence-electron chi connectivity index (χ0n) is 20.7. The fourth-order valence-corrected chi connectivity index (χ4v) is 5.19. The third-order valence-corrected chi connectivity index (χ3v) is 7.00. The zero-order valence-corrected chi connectivity index (χ0v) is 20.7. The Bertz CT molecular complexity index is 1790. The van der Waals surface area contributed by atoms with Gasteiger partial charge in [0.05, 0.1) is 34.9 Å². The van der Waals surface area contributed by atoms with E-state index in [0.29, 0.717) is 11.0 Å². The molecule has 1 aliphatic carbocycles. The van der Waals surface area contributed by atoms with Crippen LogP contribution < -0.4 is 16.9 Å². The molecular weight excluding hydrogens is 505 g/mol. The van der Waals surface area contributed by atoms with Gasteiger partial charge in [-0.2, -0.15) is 13.2 Å². The Morgan fingerprint density at radius 1 is 1.03 bits per heavy atom. The van der Waals surface area contributed by atoms with Crippen LogP contribution in [0.2, 0.25) is 0 Å². The molecule has 2 aromatic carbocycles. The van der Waals surface area contributed by atoms with E-state index in [1.54, 1.807) is 39.2 Å². The van der Waals surface area contributed by atoms with Crippen LogP contribution in [0.5, 0.6) is 0 Å². The van der Waals surface area contributed by atoms with Gasteiger partial charge in [-0.1, -0.05) is 12.1 Å². The van der Waals surface area contributed by atoms with Crippen molar-refractivity contribution in [1.82, 2.24) is 18.3 Å². The van der Waals surface area contributed by atoms with Gasteiger partial charge in [-0.15, -0.1) is 0 Å². The van der Waals surface area contributed by atoms with E-state index in [4.69, 9.17) is 4.74 Å². The van der Waals surface area contributed by atoms with Gasteiger partial charge in [0.15, 0.2) is 0 Å². The highest BCUT2D eigenvalue weighted by Crippen LogP contribution is 2.41. The minimum atomic E-state index is -4.60. The summed E-state index contributed by atoms with van der Waals surface area (Å²) in [7, 11) is 3.16. The number of carbonyl (C=O) groups is 1. The Hall–Kier alpha value is -4.35. The molecule has 5 rings (SSSR count). The van der Waals surface area contributed by atoms with E-state index in [1.807, 2.05) is 0 Å². The molecule has 0 bridgehead atoms. The topological polar surface area (TPSA) is 97.2 Å².